The van der Waals surface area contributed by atoms with E-state index in [2.05, 4.69) is 10.6 Å². The molecule has 0 bridgehead atoms. The Morgan fingerprint density at radius 3 is 2.15 bits per heavy atom. The maximum atomic E-state index is 13.4. The normalized spacial score (nSPS) is 21.0. The number of carbonyl (C=O) groups excluding carboxylic acids is 2. The van der Waals surface area contributed by atoms with Gasteiger partial charge in [0.2, 0.25) is 10.0 Å². The Hall–Kier alpha value is -2.91. The molecule has 2 atom stereocenters. The highest BCUT2D eigenvalue weighted by atomic mass is 32.2. The monoisotopic (exact) mass is 485 g/mol. The number of rotatable bonds is 7. The Bertz CT molecular complexity index is 1170. The van der Waals surface area contributed by atoms with E-state index in [0.29, 0.717) is 24.3 Å². The summed E-state index contributed by atoms with van der Waals surface area (Å²) < 4.78 is 33.7. The molecule has 0 aromatic heterocycles. The number of nitrogens with one attached hydrogen (secondary N) is 2. The lowest BCUT2D eigenvalue weighted by atomic mass is 9.94. The number of hydrogen-bond acceptors (Lipinski definition) is 5. The van der Waals surface area contributed by atoms with Crippen LogP contribution in [0.5, 0.6) is 5.75 Å². The number of sulfonamides is 1. The molecule has 2 aliphatic rings. The number of carbonyl (C=O) groups is 2. The van der Waals surface area contributed by atoms with E-state index < -0.39 is 15.9 Å². The van der Waals surface area contributed by atoms with Crippen molar-refractivity contribution in [3.63, 3.8) is 0 Å². The molecule has 2 aromatic rings. The minimum Gasteiger partial charge on any atom is -0.495 e. The van der Waals surface area contributed by atoms with Gasteiger partial charge in [0.1, 0.15) is 10.6 Å². The van der Waals surface area contributed by atoms with Crippen LogP contribution in [0.4, 0.5) is 5.69 Å². The van der Waals surface area contributed by atoms with Crippen molar-refractivity contribution < 1.29 is 22.7 Å². The first-order valence-electron chi connectivity index (χ1n) is 11.6. The number of amides is 2. The van der Waals surface area contributed by atoms with E-state index in [-0.39, 0.29) is 40.0 Å². The Kier molecular flexibility index (Phi) is 6.95. The van der Waals surface area contributed by atoms with Gasteiger partial charge < -0.3 is 15.4 Å². The van der Waals surface area contributed by atoms with Crippen molar-refractivity contribution in [1.29, 1.82) is 0 Å². The van der Waals surface area contributed by atoms with E-state index in [9.17, 15) is 18.0 Å². The van der Waals surface area contributed by atoms with Crippen LogP contribution in [0.2, 0.25) is 0 Å². The summed E-state index contributed by atoms with van der Waals surface area (Å²) in [7, 11) is -2.42. The van der Waals surface area contributed by atoms with Crippen LogP contribution >= 0.6 is 0 Å². The molecule has 8 nitrogen and oxygen atoms in total. The highest BCUT2D eigenvalue weighted by Gasteiger charge is 2.34. The van der Waals surface area contributed by atoms with E-state index >= 15 is 0 Å². The highest BCUT2D eigenvalue weighted by Crippen LogP contribution is 2.32. The summed E-state index contributed by atoms with van der Waals surface area (Å²) in [6, 6.07) is 11.3. The van der Waals surface area contributed by atoms with Crippen molar-refractivity contribution >= 4 is 27.5 Å². The van der Waals surface area contributed by atoms with E-state index in [1.165, 1.54) is 29.6 Å². The van der Waals surface area contributed by atoms with Crippen LogP contribution in [0.1, 0.15) is 53.8 Å². The van der Waals surface area contributed by atoms with E-state index in [1.807, 2.05) is 13.8 Å². The summed E-state index contributed by atoms with van der Waals surface area (Å²) in [5.74, 6) is 0.130. The van der Waals surface area contributed by atoms with Gasteiger partial charge in [-0.1, -0.05) is 13.8 Å². The number of hydrogen-bond donors (Lipinski definition) is 2. The third-order valence-electron chi connectivity index (χ3n) is 6.20. The average Bonchev–Trinajstić information content (AvgIpc) is 3.62. The smallest absolute Gasteiger partial charge is 0.255 e. The maximum Gasteiger partial charge on any atom is 0.255 e. The Morgan fingerprint density at radius 2 is 1.56 bits per heavy atom. The van der Waals surface area contributed by atoms with Crippen molar-refractivity contribution in [3.8, 4) is 5.75 Å². The average molecular weight is 486 g/mol. The molecule has 1 aliphatic carbocycles. The lowest BCUT2D eigenvalue weighted by Crippen LogP contribution is -2.42. The number of benzene rings is 2. The first kappa shape index (κ1) is 24.2. The molecule has 4 rings (SSSR count). The van der Waals surface area contributed by atoms with Crippen molar-refractivity contribution in [2.75, 3.05) is 25.5 Å². The zero-order valence-corrected chi connectivity index (χ0v) is 20.5. The van der Waals surface area contributed by atoms with Gasteiger partial charge in [-0.25, -0.2) is 8.42 Å². The van der Waals surface area contributed by atoms with Gasteiger partial charge in [-0.3, -0.25) is 9.59 Å². The first-order valence-corrected chi connectivity index (χ1v) is 13.0. The summed E-state index contributed by atoms with van der Waals surface area (Å²) in [6.07, 6.45) is 3.00. The van der Waals surface area contributed by atoms with Crippen LogP contribution in [0.15, 0.2) is 47.4 Å². The molecule has 1 saturated heterocycles. The van der Waals surface area contributed by atoms with Crippen molar-refractivity contribution in [1.82, 2.24) is 9.62 Å². The predicted octanol–water partition coefficient (Wildman–Crippen LogP) is 3.51. The first-order chi connectivity index (χ1) is 16.2. The lowest BCUT2D eigenvalue weighted by molar-refractivity contribution is 0.0950. The number of nitrogens with zero attached hydrogens (tertiary/aromatic N) is 1. The third kappa shape index (κ3) is 5.42. The molecule has 2 amide bonds. The van der Waals surface area contributed by atoms with Crippen LogP contribution in [-0.4, -0.2) is 50.8 Å². The fourth-order valence-electron chi connectivity index (χ4n) is 4.37. The van der Waals surface area contributed by atoms with Gasteiger partial charge in [0.25, 0.3) is 11.8 Å². The summed E-state index contributed by atoms with van der Waals surface area (Å²) in [5, 5.41) is 5.69. The second-order valence-electron chi connectivity index (χ2n) is 9.41. The molecule has 1 aliphatic heterocycles. The van der Waals surface area contributed by atoms with Crippen LogP contribution in [0.3, 0.4) is 0 Å². The summed E-state index contributed by atoms with van der Waals surface area (Å²) in [6.45, 7) is 4.96. The molecule has 34 heavy (non-hydrogen) atoms. The van der Waals surface area contributed by atoms with Crippen LogP contribution in [0.25, 0.3) is 0 Å². The van der Waals surface area contributed by atoms with Crippen molar-refractivity contribution in [2.24, 2.45) is 11.8 Å². The fraction of sp³-hybridized carbons (Fsp3) is 0.440. The molecule has 0 spiro atoms. The minimum atomic E-state index is -3.84. The molecule has 2 fully saturated rings. The molecule has 2 N–H and O–H groups in total. The predicted molar refractivity (Wildman–Crippen MR) is 130 cm³/mol. The lowest BCUT2D eigenvalue weighted by Gasteiger charge is -2.34. The largest absolute Gasteiger partial charge is 0.495 e. The minimum absolute atomic E-state index is 0.0176. The molecule has 2 aromatic carbocycles. The molecule has 0 radical (unpaired) electrons. The number of piperidine rings is 1. The van der Waals surface area contributed by atoms with Gasteiger partial charge in [0.15, 0.2) is 0 Å². The number of methoxy groups -OCH3 is 1. The zero-order chi connectivity index (χ0) is 24.5. The van der Waals surface area contributed by atoms with Gasteiger partial charge in [0, 0.05) is 35.9 Å². The van der Waals surface area contributed by atoms with E-state index in [0.717, 1.165) is 19.3 Å². The number of anilines is 1. The standard InChI is InChI=1S/C25H31N3O5S/c1-16-12-17(2)15-28(14-16)34(31,32)23-13-19(6-11-22(23)33-3)25(30)27-20-7-4-18(5-8-20)24(29)26-21-9-10-21/h4-8,11,13,16-17,21H,9-10,12,14-15H2,1-3H3,(H,26,29)(H,27,30)/t16-,17-/m1/s1. The quantitative estimate of drug-likeness (QED) is 0.625. The zero-order valence-electron chi connectivity index (χ0n) is 19.7. The highest BCUT2D eigenvalue weighted by molar-refractivity contribution is 7.89. The van der Waals surface area contributed by atoms with E-state index in [1.54, 1.807) is 24.3 Å². The van der Waals surface area contributed by atoms with Crippen molar-refractivity contribution in [2.45, 2.75) is 44.0 Å². The molecule has 1 heterocycles. The van der Waals surface area contributed by atoms with Gasteiger partial charge in [-0.15, -0.1) is 0 Å². The maximum absolute atomic E-state index is 13.4. The topological polar surface area (TPSA) is 105 Å². The Labute approximate surface area is 200 Å². The Morgan fingerprint density at radius 1 is 0.941 bits per heavy atom. The second-order valence-corrected chi connectivity index (χ2v) is 11.3. The van der Waals surface area contributed by atoms with Crippen molar-refractivity contribution in [3.05, 3.63) is 53.6 Å². The second kappa shape index (κ2) is 9.76. The molecule has 9 heteroatoms. The van der Waals surface area contributed by atoms with Gasteiger partial charge in [-0.05, 0) is 73.6 Å². The number of ether oxygens (including phenoxy) is 1. The summed E-state index contributed by atoms with van der Waals surface area (Å²) >= 11 is 0. The van der Waals surface area contributed by atoms with E-state index in [4.69, 9.17) is 4.74 Å². The summed E-state index contributed by atoms with van der Waals surface area (Å²) in [5.41, 5.74) is 1.23. The molecular formula is C25H31N3O5S. The van der Waals surface area contributed by atoms with Gasteiger partial charge in [0.05, 0.1) is 7.11 Å². The third-order valence-corrected chi connectivity index (χ3v) is 8.05. The van der Waals surface area contributed by atoms with Crippen LogP contribution in [-0.2, 0) is 10.0 Å². The molecule has 0 unspecified atom stereocenters. The Balaban J connectivity index is 1.52. The van der Waals surface area contributed by atoms with Gasteiger partial charge >= 0.3 is 0 Å². The molecular weight excluding hydrogens is 454 g/mol. The van der Waals surface area contributed by atoms with Crippen LogP contribution < -0.4 is 15.4 Å². The molecule has 182 valence electrons. The SMILES string of the molecule is COc1ccc(C(=O)Nc2ccc(C(=O)NC3CC3)cc2)cc1S(=O)(=O)N1C[C@H](C)C[C@@H](C)C1. The summed E-state index contributed by atoms with van der Waals surface area (Å²) in [4.78, 5) is 25.0. The van der Waals surface area contributed by atoms with Crippen LogP contribution in [0, 0.1) is 11.8 Å². The van der Waals surface area contributed by atoms with Gasteiger partial charge in [-0.2, -0.15) is 4.31 Å². The molecule has 1 saturated carbocycles. The fourth-order valence-corrected chi connectivity index (χ4v) is 6.23.